The normalized spacial score (nSPS) is 22.5. The van der Waals surface area contributed by atoms with E-state index in [1.807, 2.05) is 6.92 Å². The molecule has 3 rings (SSSR count). The van der Waals surface area contributed by atoms with Gasteiger partial charge in [0.15, 0.2) is 0 Å². The van der Waals surface area contributed by atoms with E-state index in [1.165, 1.54) is 32.2 Å². The van der Waals surface area contributed by atoms with E-state index in [-0.39, 0.29) is 0 Å². The zero-order valence-electron chi connectivity index (χ0n) is 12.9. The van der Waals surface area contributed by atoms with Crippen LogP contribution in [0.15, 0.2) is 0 Å². The fourth-order valence-corrected chi connectivity index (χ4v) is 2.95. The molecule has 6 heteroatoms. The number of hydrogen-bond donors (Lipinski definition) is 2. The zero-order chi connectivity index (χ0) is 14.8. The van der Waals surface area contributed by atoms with Gasteiger partial charge in [-0.05, 0) is 52.6 Å². The fourth-order valence-electron chi connectivity index (χ4n) is 2.95. The third kappa shape index (κ3) is 3.27. The molecule has 1 unspecified atom stereocenters. The molecule has 1 aromatic rings. The SMILES string of the molecule is Cc1c(NN)nc(C2CC2)nc1OCCC1CCCN1C. The fraction of sp³-hybridized carbons (Fsp3) is 0.733. The number of nitrogens with zero attached hydrogens (tertiary/aromatic N) is 3. The molecule has 6 nitrogen and oxygen atoms in total. The van der Waals surface area contributed by atoms with Crippen LogP contribution in [0.5, 0.6) is 5.88 Å². The van der Waals surface area contributed by atoms with Gasteiger partial charge in [0.2, 0.25) is 5.88 Å². The van der Waals surface area contributed by atoms with Crippen LogP contribution in [0, 0.1) is 6.92 Å². The minimum absolute atomic E-state index is 0.487. The summed E-state index contributed by atoms with van der Waals surface area (Å²) in [6.45, 7) is 3.84. The van der Waals surface area contributed by atoms with Crippen LogP contribution in [0.3, 0.4) is 0 Å². The van der Waals surface area contributed by atoms with Crippen molar-refractivity contribution in [3.05, 3.63) is 11.4 Å². The molecule has 0 spiro atoms. The second-order valence-electron chi connectivity index (χ2n) is 6.19. The summed E-state index contributed by atoms with van der Waals surface area (Å²) in [5, 5.41) is 0. The van der Waals surface area contributed by atoms with Crippen LogP contribution in [0.1, 0.15) is 49.4 Å². The van der Waals surface area contributed by atoms with Crippen molar-refractivity contribution in [2.24, 2.45) is 5.84 Å². The van der Waals surface area contributed by atoms with Crippen molar-refractivity contribution in [3.63, 3.8) is 0 Å². The first-order valence-electron chi connectivity index (χ1n) is 7.87. The molecule has 2 heterocycles. The number of nitrogens with one attached hydrogen (secondary N) is 1. The number of nitrogens with two attached hydrogens (primary N) is 1. The third-order valence-electron chi connectivity index (χ3n) is 4.56. The van der Waals surface area contributed by atoms with Crippen LogP contribution in [0.2, 0.25) is 0 Å². The van der Waals surface area contributed by atoms with Gasteiger partial charge in [0.05, 0.1) is 12.2 Å². The van der Waals surface area contributed by atoms with E-state index in [0.717, 1.165) is 17.8 Å². The van der Waals surface area contributed by atoms with E-state index >= 15 is 0 Å². The van der Waals surface area contributed by atoms with Crippen LogP contribution in [0.25, 0.3) is 0 Å². The molecule has 116 valence electrons. The lowest BCUT2D eigenvalue weighted by molar-refractivity contribution is 0.227. The summed E-state index contributed by atoms with van der Waals surface area (Å²) >= 11 is 0. The van der Waals surface area contributed by atoms with Crippen molar-refractivity contribution in [1.29, 1.82) is 0 Å². The standard InChI is InChI=1S/C15H25N5O/c1-10-13(19-16)17-14(11-5-6-11)18-15(10)21-9-7-12-4-3-8-20(12)2/h11-12H,3-9,16H2,1-2H3,(H,17,18,19). The molecule has 1 aliphatic heterocycles. The maximum Gasteiger partial charge on any atom is 0.221 e. The Morgan fingerprint density at radius 2 is 2.14 bits per heavy atom. The van der Waals surface area contributed by atoms with E-state index in [2.05, 4.69) is 27.3 Å². The number of aromatic nitrogens is 2. The number of hydrogen-bond acceptors (Lipinski definition) is 6. The van der Waals surface area contributed by atoms with E-state index in [9.17, 15) is 0 Å². The Labute approximate surface area is 126 Å². The second-order valence-corrected chi connectivity index (χ2v) is 6.19. The first kappa shape index (κ1) is 14.5. The summed E-state index contributed by atoms with van der Waals surface area (Å²) in [5.74, 6) is 8.26. The molecule has 1 atom stereocenters. The Balaban J connectivity index is 1.64. The van der Waals surface area contributed by atoms with E-state index < -0.39 is 0 Å². The van der Waals surface area contributed by atoms with Gasteiger partial charge in [-0.15, -0.1) is 0 Å². The highest BCUT2D eigenvalue weighted by atomic mass is 16.5. The van der Waals surface area contributed by atoms with Crippen molar-refractivity contribution in [1.82, 2.24) is 14.9 Å². The average molecular weight is 291 g/mol. The predicted octanol–water partition coefficient (Wildman–Crippen LogP) is 1.81. The molecule has 0 radical (unpaired) electrons. The lowest BCUT2D eigenvalue weighted by Gasteiger charge is -2.19. The quantitative estimate of drug-likeness (QED) is 0.615. The van der Waals surface area contributed by atoms with Gasteiger partial charge in [0.1, 0.15) is 11.6 Å². The summed E-state index contributed by atoms with van der Waals surface area (Å²) in [7, 11) is 2.19. The number of likely N-dealkylation sites (tertiary alicyclic amines) is 1. The summed E-state index contributed by atoms with van der Waals surface area (Å²) < 4.78 is 5.93. The van der Waals surface area contributed by atoms with Crippen LogP contribution in [-0.2, 0) is 0 Å². The summed E-state index contributed by atoms with van der Waals surface area (Å²) in [6, 6.07) is 0.641. The van der Waals surface area contributed by atoms with Crippen LogP contribution >= 0.6 is 0 Å². The molecular weight excluding hydrogens is 266 g/mol. The molecule has 2 aliphatic rings. The maximum absolute atomic E-state index is 5.93. The van der Waals surface area contributed by atoms with Gasteiger partial charge in [0.25, 0.3) is 0 Å². The monoisotopic (exact) mass is 291 g/mol. The molecule has 0 amide bonds. The molecule has 0 aromatic carbocycles. The number of hydrazine groups is 1. The maximum atomic E-state index is 5.93. The minimum Gasteiger partial charge on any atom is -0.477 e. The van der Waals surface area contributed by atoms with Crippen molar-refractivity contribution < 1.29 is 4.74 Å². The molecule has 0 bridgehead atoms. The van der Waals surface area contributed by atoms with Gasteiger partial charge in [-0.2, -0.15) is 4.98 Å². The van der Waals surface area contributed by atoms with Gasteiger partial charge in [-0.3, -0.25) is 0 Å². The summed E-state index contributed by atoms with van der Waals surface area (Å²) in [5.41, 5.74) is 3.55. The topological polar surface area (TPSA) is 76.3 Å². The summed E-state index contributed by atoms with van der Waals surface area (Å²) in [6.07, 6.45) is 5.94. The van der Waals surface area contributed by atoms with Crippen molar-refractivity contribution >= 4 is 5.82 Å². The molecule has 21 heavy (non-hydrogen) atoms. The molecule has 1 aromatic heterocycles. The highest BCUT2D eigenvalue weighted by molar-refractivity contribution is 5.48. The average Bonchev–Trinajstić information content (AvgIpc) is 3.25. The molecule has 2 fully saturated rings. The molecule has 1 aliphatic carbocycles. The third-order valence-corrected chi connectivity index (χ3v) is 4.56. The highest BCUT2D eigenvalue weighted by Gasteiger charge is 2.28. The Kier molecular flexibility index (Phi) is 4.26. The lowest BCUT2D eigenvalue weighted by Crippen LogP contribution is -2.26. The summed E-state index contributed by atoms with van der Waals surface area (Å²) in [4.78, 5) is 11.5. The first-order chi connectivity index (χ1) is 10.2. The van der Waals surface area contributed by atoms with E-state index in [0.29, 0.717) is 30.3 Å². The Morgan fingerprint density at radius 1 is 1.33 bits per heavy atom. The number of ether oxygens (including phenoxy) is 1. The number of rotatable bonds is 6. The Hall–Kier alpha value is -1.40. The van der Waals surface area contributed by atoms with Crippen molar-refractivity contribution in [2.45, 2.75) is 51.0 Å². The van der Waals surface area contributed by atoms with Crippen LogP contribution in [-0.4, -0.2) is 41.1 Å². The van der Waals surface area contributed by atoms with Gasteiger partial charge in [-0.25, -0.2) is 10.8 Å². The van der Waals surface area contributed by atoms with Crippen LogP contribution < -0.4 is 16.0 Å². The minimum atomic E-state index is 0.487. The molecule has 1 saturated heterocycles. The number of anilines is 1. The predicted molar refractivity (Wildman–Crippen MR) is 82.3 cm³/mol. The van der Waals surface area contributed by atoms with E-state index in [1.54, 1.807) is 0 Å². The molecular formula is C15H25N5O. The van der Waals surface area contributed by atoms with Gasteiger partial charge >= 0.3 is 0 Å². The number of nitrogen functional groups attached to an aromatic ring is 1. The van der Waals surface area contributed by atoms with Gasteiger partial charge in [0, 0.05) is 12.0 Å². The van der Waals surface area contributed by atoms with Crippen molar-refractivity contribution in [3.8, 4) is 5.88 Å². The highest BCUT2D eigenvalue weighted by Crippen LogP contribution is 2.39. The lowest BCUT2D eigenvalue weighted by atomic mass is 10.1. The first-order valence-corrected chi connectivity index (χ1v) is 7.87. The smallest absolute Gasteiger partial charge is 0.221 e. The van der Waals surface area contributed by atoms with Crippen molar-refractivity contribution in [2.75, 3.05) is 25.6 Å². The van der Waals surface area contributed by atoms with Gasteiger partial charge in [-0.1, -0.05) is 0 Å². The Morgan fingerprint density at radius 3 is 2.76 bits per heavy atom. The molecule has 1 saturated carbocycles. The molecule has 3 N–H and O–H groups in total. The largest absolute Gasteiger partial charge is 0.477 e. The Bertz CT molecular complexity index is 503. The zero-order valence-corrected chi connectivity index (χ0v) is 12.9. The van der Waals surface area contributed by atoms with Crippen LogP contribution in [0.4, 0.5) is 5.82 Å². The van der Waals surface area contributed by atoms with E-state index in [4.69, 9.17) is 10.6 Å². The second kappa shape index (κ2) is 6.15. The van der Waals surface area contributed by atoms with Gasteiger partial charge < -0.3 is 15.1 Å².